The molecule has 0 bridgehead atoms. The van der Waals surface area contributed by atoms with Crippen LogP contribution in [0.2, 0.25) is 0 Å². The first kappa shape index (κ1) is 15.6. The molecule has 0 saturated heterocycles. The van der Waals surface area contributed by atoms with E-state index in [0.717, 1.165) is 41.3 Å². The van der Waals surface area contributed by atoms with Crippen LogP contribution in [-0.2, 0) is 13.1 Å². The van der Waals surface area contributed by atoms with Crippen LogP contribution in [0.25, 0.3) is 10.9 Å². The second kappa shape index (κ2) is 6.96. The van der Waals surface area contributed by atoms with Crippen LogP contribution >= 0.6 is 0 Å². The highest BCUT2D eigenvalue weighted by Crippen LogP contribution is 2.28. The van der Waals surface area contributed by atoms with E-state index in [1.165, 1.54) is 5.56 Å². The lowest BCUT2D eigenvalue weighted by Gasteiger charge is -2.26. The molecule has 2 N–H and O–H groups in total. The van der Waals surface area contributed by atoms with Crippen molar-refractivity contribution < 1.29 is 11.3 Å². The fourth-order valence-electron chi connectivity index (χ4n) is 3.58. The Bertz CT molecular complexity index is 987. The molecule has 0 amide bonds. The molecule has 0 radical (unpaired) electrons. The molecule has 134 valence electrons. The van der Waals surface area contributed by atoms with Crippen LogP contribution in [0.1, 0.15) is 47.8 Å². The number of carboxylic acid groups (broad SMARTS) is 1. The zero-order chi connectivity index (χ0) is 19.0. The molecule has 1 saturated carbocycles. The highest BCUT2D eigenvalue weighted by atomic mass is 16.4. The van der Waals surface area contributed by atoms with Crippen LogP contribution in [0.15, 0.2) is 48.5 Å². The Kier molecular flexibility index (Phi) is 4.19. The van der Waals surface area contributed by atoms with E-state index < -0.39 is 12.0 Å². The number of para-hydroxylation sites is 1. The summed E-state index contributed by atoms with van der Waals surface area (Å²) in [6.45, 7) is 2.94. The van der Waals surface area contributed by atoms with Crippen LogP contribution in [-0.4, -0.2) is 21.7 Å². The first-order valence-electron chi connectivity index (χ1n) is 9.61. The van der Waals surface area contributed by atoms with Gasteiger partial charge in [0.05, 0.1) is 0 Å². The van der Waals surface area contributed by atoms with E-state index >= 15 is 0 Å². The summed E-state index contributed by atoms with van der Waals surface area (Å²) in [7, 11) is 0. The summed E-state index contributed by atoms with van der Waals surface area (Å²) in [5, 5.41) is 14.2. The van der Waals surface area contributed by atoms with Crippen LogP contribution in [0.4, 0.5) is 0 Å². The van der Waals surface area contributed by atoms with E-state index in [1.807, 2.05) is 60.0 Å². The minimum absolute atomic E-state index is 0.312. The minimum Gasteiger partial charge on any atom is -0.477 e. The number of hydrogen-bond acceptors (Lipinski definition) is 2. The molecule has 0 spiro atoms. The molecule has 0 atom stereocenters. The number of carboxylic acids is 1. The van der Waals surface area contributed by atoms with Crippen LogP contribution in [0.3, 0.4) is 0 Å². The van der Waals surface area contributed by atoms with Crippen molar-refractivity contribution in [1.82, 2.24) is 9.88 Å². The van der Waals surface area contributed by atoms with Crippen LogP contribution in [0.5, 0.6) is 0 Å². The SMILES string of the molecule is [2H]C1(NCc2c(C(=O)O)n(Cc3ccc(C)cc3)c3ccccc23)CCC1. The van der Waals surface area contributed by atoms with Crippen molar-refractivity contribution >= 4 is 16.9 Å². The Morgan fingerprint density at radius 1 is 1.23 bits per heavy atom. The number of nitrogens with one attached hydrogen (secondary N) is 1. The molecule has 0 aliphatic heterocycles. The van der Waals surface area contributed by atoms with Gasteiger partial charge in [-0.3, -0.25) is 0 Å². The fraction of sp³-hybridized carbons (Fsp3) is 0.318. The number of benzene rings is 2. The number of nitrogens with zero attached hydrogens (tertiary/aromatic N) is 1. The highest BCUT2D eigenvalue weighted by molar-refractivity contribution is 5.98. The molecule has 1 fully saturated rings. The van der Waals surface area contributed by atoms with Crippen LogP contribution in [0, 0.1) is 6.92 Å². The van der Waals surface area contributed by atoms with Gasteiger partial charge in [-0.25, -0.2) is 4.79 Å². The lowest BCUT2D eigenvalue weighted by atomic mass is 9.93. The van der Waals surface area contributed by atoms with Crippen molar-refractivity contribution in [1.29, 1.82) is 0 Å². The lowest BCUT2D eigenvalue weighted by molar-refractivity contribution is 0.0684. The quantitative estimate of drug-likeness (QED) is 0.696. The number of aryl methyl sites for hydroxylation is 1. The molecule has 3 aromatic rings. The van der Waals surface area contributed by atoms with Crippen molar-refractivity contribution in [3.8, 4) is 0 Å². The molecular formula is C22H24N2O2. The molecule has 1 aromatic heterocycles. The molecule has 26 heavy (non-hydrogen) atoms. The van der Waals surface area contributed by atoms with Gasteiger partial charge >= 0.3 is 5.97 Å². The van der Waals surface area contributed by atoms with E-state index in [0.29, 0.717) is 18.8 Å². The van der Waals surface area contributed by atoms with Gasteiger partial charge in [0.25, 0.3) is 0 Å². The number of hydrogen-bond donors (Lipinski definition) is 2. The monoisotopic (exact) mass is 349 g/mol. The topological polar surface area (TPSA) is 54.3 Å². The molecule has 0 unspecified atom stereocenters. The molecular weight excluding hydrogens is 324 g/mol. The molecule has 1 heterocycles. The van der Waals surface area contributed by atoms with E-state index in [2.05, 4.69) is 5.32 Å². The van der Waals surface area contributed by atoms with Crippen LogP contribution < -0.4 is 5.32 Å². The summed E-state index contributed by atoms with van der Waals surface area (Å²) < 4.78 is 10.2. The fourth-order valence-corrected chi connectivity index (χ4v) is 3.58. The van der Waals surface area contributed by atoms with Gasteiger partial charge < -0.3 is 15.0 Å². The summed E-state index contributed by atoms with van der Waals surface area (Å²) >= 11 is 0. The van der Waals surface area contributed by atoms with E-state index in [-0.39, 0.29) is 0 Å². The second-order valence-electron chi connectivity index (χ2n) is 7.03. The van der Waals surface area contributed by atoms with Crippen molar-refractivity contribution in [2.45, 2.75) is 45.3 Å². The molecule has 4 nitrogen and oxygen atoms in total. The maximum absolute atomic E-state index is 12.2. The number of aromatic carboxylic acids is 1. The number of fused-ring (bicyclic) bond motifs is 1. The second-order valence-corrected chi connectivity index (χ2v) is 7.03. The van der Waals surface area contributed by atoms with Crippen molar-refractivity contribution in [3.05, 3.63) is 70.9 Å². The maximum Gasteiger partial charge on any atom is 0.352 e. The summed E-state index contributed by atoms with van der Waals surface area (Å²) in [4.78, 5) is 12.2. The predicted molar refractivity (Wildman–Crippen MR) is 104 cm³/mol. The Hall–Kier alpha value is -2.59. The smallest absolute Gasteiger partial charge is 0.352 e. The molecule has 1 aliphatic carbocycles. The average Bonchev–Trinajstić information content (AvgIpc) is 2.94. The van der Waals surface area contributed by atoms with Crippen molar-refractivity contribution in [2.75, 3.05) is 0 Å². The zero-order valence-corrected chi connectivity index (χ0v) is 15.0. The largest absolute Gasteiger partial charge is 0.477 e. The van der Waals surface area contributed by atoms with Gasteiger partial charge in [0.2, 0.25) is 0 Å². The third-order valence-electron chi connectivity index (χ3n) is 5.21. The Balaban J connectivity index is 1.78. The van der Waals surface area contributed by atoms with Gasteiger partial charge in [-0.2, -0.15) is 0 Å². The van der Waals surface area contributed by atoms with Crippen molar-refractivity contribution in [3.63, 3.8) is 0 Å². The summed E-state index contributed by atoms with van der Waals surface area (Å²) in [5.41, 5.74) is 4.25. The first-order valence-corrected chi connectivity index (χ1v) is 9.11. The summed E-state index contributed by atoms with van der Waals surface area (Å²) in [6, 6.07) is 15.4. The molecule has 4 heteroatoms. The van der Waals surface area contributed by atoms with Gasteiger partial charge in [0.1, 0.15) is 5.69 Å². The highest BCUT2D eigenvalue weighted by Gasteiger charge is 2.24. The maximum atomic E-state index is 12.2. The third kappa shape index (κ3) is 3.13. The van der Waals surface area contributed by atoms with Gasteiger partial charge in [0.15, 0.2) is 0 Å². The number of rotatable bonds is 6. The van der Waals surface area contributed by atoms with Gasteiger partial charge in [-0.1, -0.05) is 54.4 Å². The standard InChI is InChI=1S/C22H24N2O2/c1-15-9-11-16(12-10-15)14-24-20-8-3-2-7-18(20)19(21(24)22(25)26)13-23-17-5-4-6-17/h2-3,7-12,17,23H,4-6,13-14H2,1H3,(H,25,26)/i17D. The average molecular weight is 349 g/mol. The van der Waals surface area contributed by atoms with E-state index in [1.54, 1.807) is 0 Å². The summed E-state index contributed by atoms with van der Waals surface area (Å²) in [5.74, 6) is -0.928. The number of aromatic nitrogens is 1. The third-order valence-corrected chi connectivity index (χ3v) is 5.21. The van der Waals surface area contributed by atoms with Crippen molar-refractivity contribution in [2.24, 2.45) is 0 Å². The Morgan fingerprint density at radius 2 is 1.96 bits per heavy atom. The summed E-state index contributed by atoms with van der Waals surface area (Å²) in [6.07, 6.45) is 2.69. The zero-order valence-electron chi connectivity index (χ0n) is 16.0. The normalized spacial score (nSPS) is 16.3. The Morgan fingerprint density at radius 3 is 2.62 bits per heavy atom. The van der Waals surface area contributed by atoms with E-state index in [9.17, 15) is 9.90 Å². The first-order chi connectivity index (χ1) is 13.0. The lowest BCUT2D eigenvalue weighted by Crippen LogP contribution is -2.34. The van der Waals surface area contributed by atoms with Gasteiger partial charge in [0, 0.05) is 36.9 Å². The van der Waals surface area contributed by atoms with Gasteiger partial charge in [-0.15, -0.1) is 0 Å². The number of carbonyl (C=O) groups is 1. The van der Waals surface area contributed by atoms with E-state index in [4.69, 9.17) is 1.37 Å². The molecule has 1 aliphatic rings. The predicted octanol–water partition coefficient (Wildman–Crippen LogP) is 4.34. The Labute approximate surface area is 154 Å². The molecule has 4 rings (SSSR count). The van der Waals surface area contributed by atoms with Gasteiger partial charge in [-0.05, 0) is 31.4 Å². The molecule has 2 aromatic carbocycles. The minimum atomic E-state index is -0.928.